The predicted octanol–water partition coefficient (Wildman–Crippen LogP) is 5.12. The van der Waals surface area contributed by atoms with E-state index in [1.807, 2.05) is 47.4 Å². The van der Waals surface area contributed by atoms with Crippen LogP contribution in [0.4, 0.5) is 10.5 Å². The first-order chi connectivity index (χ1) is 17.6. The molecule has 1 unspecified atom stereocenters. The number of carbonyl (C=O) groups excluding carboxylic acids is 1. The summed E-state index contributed by atoms with van der Waals surface area (Å²) in [5.41, 5.74) is 4.13. The van der Waals surface area contributed by atoms with E-state index in [9.17, 15) is 4.79 Å². The molecule has 3 aromatic carbocycles. The first-order valence-corrected chi connectivity index (χ1v) is 12.3. The number of ether oxygens (including phenoxy) is 3. The number of methoxy groups -OCH3 is 2. The standard InChI is InChI=1S/C29H35N3O4/c1-22-11-13-23(14-12-22)21-36-28(24-7-6-8-25(19-24)34-2)20-31-15-17-32(18-16-31)29(33)30-26-9-4-5-10-27(26)35-3/h4-14,19,28H,15-18,20-21H2,1-3H3,(H,30,33). The summed E-state index contributed by atoms with van der Waals surface area (Å²) in [5, 5.41) is 2.97. The molecule has 1 aliphatic heterocycles. The predicted molar refractivity (Wildman–Crippen MR) is 142 cm³/mol. The third-order valence-corrected chi connectivity index (χ3v) is 6.47. The maximum absolute atomic E-state index is 12.8. The highest BCUT2D eigenvalue weighted by atomic mass is 16.5. The Morgan fingerprint density at radius 3 is 2.39 bits per heavy atom. The number of para-hydroxylation sites is 2. The molecule has 0 aromatic heterocycles. The molecule has 2 amide bonds. The molecule has 7 heteroatoms. The highest BCUT2D eigenvalue weighted by Crippen LogP contribution is 2.26. The van der Waals surface area contributed by atoms with Crippen LogP contribution in [0.3, 0.4) is 0 Å². The molecule has 36 heavy (non-hydrogen) atoms. The lowest BCUT2D eigenvalue weighted by atomic mass is 10.1. The van der Waals surface area contributed by atoms with Crippen molar-refractivity contribution in [2.24, 2.45) is 0 Å². The van der Waals surface area contributed by atoms with E-state index in [4.69, 9.17) is 14.2 Å². The maximum Gasteiger partial charge on any atom is 0.322 e. The van der Waals surface area contributed by atoms with Crippen LogP contribution in [0.15, 0.2) is 72.8 Å². The van der Waals surface area contributed by atoms with Gasteiger partial charge in [-0.3, -0.25) is 4.90 Å². The van der Waals surface area contributed by atoms with Crippen molar-refractivity contribution in [2.45, 2.75) is 19.6 Å². The van der Waals surface area contributed by atoms with Crippen molar-refractivity contribution in [3.8, 4) is 11.5 Å². The van der Waals surface area contributed by atoms with Gasteiger partial charge in [0.2, 0.25) is 0 Å². The third-order valence-electron chi connectivity index (χ3n) is 6.47. The molecule has 0 spiro atoms. The van der Waals surface area contributed by atoms with Crippen molar-refractivity contribution in [1.29, 1.82) is 0 Å². The summed E-state index contributed by atoms with van der Waals surface area (Å²) >= 11 is 0. The van der Waals surface area contributed by atoms with Crippen LogP contribution >= 0.6 is 0 Å². The van der Waals surface area contributed by atoms with E-state index in [0.29, 0.717) is 31.1 Å². The Kier molecular flexibility index (Phi) is 8.81. The minimum absolute atomic E-state index is 0.112. The summed E-state index contributed by atoms with van der Waals surface area (Å²) < 4.78 is 17.2. The van der Waals surface area contributed by atoms with Gasteiger partial charge in [0.05, 0.1) is 32.6 Å². The van der Waals surface area contributed by atoms with Crippen molar-refractivity contribution >= 4 is 11.7 Å². The smallest absolute Gasteiger partial charge is 0.322 e. The largest absolute Gasteiger partial charge is 0.497 e. The summed E-state index contributed by atoms with van der Waals surface area (Å²) in [6, 6.07) is 23.8. The first kappa shape index (κ1) is 25.5. The number of hydrogen-bond acceptors (Lipinski definition) is 5. The molecule has 0 radical (unpaired) electrons. The first-order valence-electron chi connectivity index (χ1n) is 12.3. The van der Waals surface area contributed by atoms with Gasteiger partial charge >= 0.3 is 6.03 Å². The monoisotopic (exact) mass is 489 g/mol. The number of nitrogens with one attached hydrogen (secondary N) is 1. The van der Waals surface area contributed by atoms with E-state index in [2.05, 4.69) is 47.5 Å². The Hall–Kier alpha value is -3.55. The SMILES string of the molecule is COc1cccc(C(CN2CCN(C(=O)Nc3ccccc3OC)CC2)OCc2ccc(C)cc2)c1. The summed E-state index contributed by atoms with van der Waals surface area (Å²) in [4.78, 5) is 17.0. The van der Waals surface area contributed by atoms with Crippen molar-refractivity contribution in [2.75, 3.05) is 52.3 Å². The minimum atomic E-state index is -0.115. The lowest BCUT2D eigenvalue weighted by Gasteiger charge is -2.36. The van der Waals surface area contributed by atoms with Gasteiger partial charge in [-0.1, -0.05) is 54.1 Å². The molecule has 1 saturated heterocycles. The van der Waals surface area contributed by atoms with Crippen LogP contribution in [0.5, 0.6) is 11.5 Å². The van der Waals surface area contributed by atoms with Crippen LogP contribution < -0.4 is 14.8 Å². The number of carbonyl (C=O) groups is 1. The Morgan fingerprint density at radius 2 is 1.67 bits per heavy atom. The zero-order valence-corrected chi connectivity index (χ0v) is 21.3. The van der Waals surface area contributed by atoms with E-state index in [1.165, 1.54) is 5.56 Å². The van der Waals surface area contributed by atoms with Crippen molar-refractivity contribution in [3.63, 3.8) is 0 Å². The Morgan fingerprint density at radius 1 is 0.917 bits per heavy atom. The average molecular weight is 490 g/mol. The number of hydrogen-bond donors (Lipinski definition) is 1. The molecule has 3 aromatic rings. The van der Waals surface area contributed by atoms with E-state index >= 15 is 0 Å². The Balaban J connectivity index is 1.37. The van der Waals surface area contributed by atoms with E-state index < -0.39 is 0 Å². The molecule has 1 aliphatic rings. The second-order valence-corrected chi connectivity index (χ2v) is 8.98. The Labute approximate surface area is 213 Å². The fourth-order valence-electron chi connectivity index (χ4n) is 4.29. The molecule has 4 rings (SSSR count). The molecule has 0 bridgehead atoms. The van der Waals surface area contributed by atoms with Gasteiger partial charge in [0, 0.05) is 32.7 Å². The van der Waals surface area contributed by atoms with E-state index in [-0.39, 0.29) is 12.1 Å². The number of nitrogens with zero attached hydrogens (tertiary/aromatic N) is 2. The van der Waals surface area contributed by atoms with Crippen molar-refractivity contribution in [1.82, 2.24) is 9.80 Å². The second kappa shape index (κ2) is 12.4. The van der Waals surface area contributed by atoms with Gasteiger partial charge in [-0.2, -0.15) is 0 Å². The summed E-state index contributed by atoms with van der Waals surface area (Å²) in [5.74, 6) is 1.46. The number of urea groups is 1. The zero-order valence-electron chi connectivity index (χ0n) is 21.3. The lowest BCUT2D eigenvalue weighted by Crippen LogP contribution is -2.50. The van der Waals surface area contributed by atoms with Crippen LogP contribution in [-0.2, 0) is 11.3 Å². The highest BCUT2D eigenvalue weighted by Gasteiger charge is 2.25. The lowest BCUT2D eigenvalue weighted by molar-refractivity contribution is 0.00584. The normalized spacial score (nSPS) is 14.8. The number of benzene rings is 3. The van der Waals surface area contributed by atoms with Gasteiger partial charge in [0.1, 0.15) is 11.5 Å². The molecular weight excluding hydrogens is 454 g/mol. The highest BCUT2D eigenvalue weighted by molar-refractivity contribution is 5.91. The summed E-state index contributed by atoms with van der Waals surface area (Å²) in [6.45, 7) is 6.18. The number of piperazine rings is 1. The van der Waals surface area contributed by atoms with Gasteiger partial charge < -0.3 is 24.4 Å². The minimum Gasteiger partial charge on any atom is -0.497 e. The van der Waals surface area contributed by atoms with Crippen LogP contribution in [0, 0.1) is 6.92 Å². The average Bonchev–Trinajstić information content (AvgIpc) is 2.92. The molecule has 7 nitrogen and oxygen atoms in total. The fourth-order valence-corrected chi connectivity index (χ4v) is 4.29. The van der Waals surface area contributed by atoms with Crippen LogP contribution in [0.1, 0.15) is 22.8 Å². The quantitative estimate of drug-likeness (QED) is 0.452. The molecular formula is C29H35N3O4. The number of amides is 2. The van der Waals surface area contributed by atoms with Crippen molar-refractivity contribution < 1.29 is 19.0 Å². The van der Waals surface area contributed by atoms with Crippen LogP contribution in [0.25, 0.3) is 0 Å². The van der Waals surface area contributed by atoms with Gasteiger partial charge in [-0.15, -0.1) is 0 Å². The molecule has 0 aliphatic carbocycles. The number of anilines is 1. The molecule has 1 atom stereocenters. The number of rotatable bonds is 9. The van der Waals surface area contributed by atoms with Gasteiger partial charge in [0.15, 0.2) is 0 Å². The van der Waals surface area contributed by atoms with E-state index in [1.54, 1.807) is 14.2 Å². The topological polar surface area (TPSA) is 63.3 Å². The van der Waals surface area contributed by atoms with Crippen LogP contribution in [-0.4, -0.2) is 62.8 Å². The molecule has 1 N–H and O–H groups in total. The third kappa shape index (κ3) is 6.77. The number of aryl methyl sites for hydroxylation is 1. The Bertz CT molecular complexity index is 1130. The van der Waals surface area contributed by atoms with Gasteiger partial charge in [-0.25, -0.2) is 4.79 Å². The van der Waals surface area contributed by atoms with E-state index in [0.717, 1.165) is 36.5 Å². The van der Waals surface area contributed by atoms with Crippen molar-refractivity contribution in [3.05, 3.63) is 89.5 Å². The molecule has 0 saturated carbocycles. The zero-order chi connectivity index (χ0) is 25.3. The van der Waals surface area contributed by atoms with Gasteiger partial charge in [0.25, 0.3) is 0 Å². The molecule has 1 fully saturated rings. The molecule has 1 heterocycles. The molecule has 190 valence electrons. The summed E-state index contributed by atoms with van der Waals surface area (Å²) in [6.07, 6.45) is -0.115. The second-order valence-electron chi connectivity index (χ2n) is 8.98. The summed E-state index contributed by atoms with van der Waals surface area (Å²) in [7, 11) is 3.28. The maximum atomic E-state index is 12.8. The fraction of sp³-hybridized carbons (Fsp3) is 0.345. The van der Waals surface area contributed by atoms with Gasteiger partial charge in [-0.05, 0) is 42.3 Å². The van der Waals surface area contributed by atoms with Crippen LogP contribution in [0.2, 0.25) is 0 Å².